The van der Waals surface area contributed by atoms with E-state index in [4.69, 9.17) is 0 Å². The van der Waals surface area contributed by atoms with Crippen LogP contribution in [-0.2, 0) is 0 Å². The molecule has 1 N–H and O–H groups in total. The Morgan fingerprint density at radius 1 is 1.27 bits per heavy atom. The molecule has 0 aliphatic carbocycles. The predicted octanol–water partition coefficient (Wildman–Crippen LogP) is 1.08. The predicted molar refractivity (Wildman–Crippen MR) is 50.7 cm³/mol. The van der Waals surface area contributed by atoms with Crippen LogP contribution in [0.4, 0.5) is 0 Å². The van der Waals surface area contributed by atoms with Crippen molar-refractivity contribution < 1.29 is 4.48 Å². The van der Waals surface area contributed by atoms with Gasteiger partial charge in [0.2, 0.25) is 0 Å². The molecule has 68 valence electrons. The Balaban J connectivity index is 3.55. The zero-order valence-electron chi connectivity index (χ0n) is 8.65. The minimum atomic E-state index is 0.716. The van der Waals surface area contributed by atoms with Gasteiger partial charge >= 0.3 is 0 Å². The first-order valence-electron chi connectivity index (χ1n) is 4.54. The molecule has 0 fully saturated rings. The first kappa shape index (κ1) is 10.9. The van der Waals surface area contributed by atoms with Gasteiger partial charge in [0.15, 0.2) is 0 Å². The molecule has 0 rings (SSSR count). The van der Waals surface area contributed by atoms with Crippen molar-refractivity contribution in [1.82, 2.24) is 5.32 Å². The number of likely N-dealkylation sites (N-methyl/N-ethyl adjacent to an activating group) is 2. The van der Waals surface area contributed by atoms with Gasteiger partial charge < -0.3 is 9.80 Å². The van der Waals surface area contributed by atoms with Crippen molar-refractivity contribution >= 4 is 0 Å². The normalized spacial score (nSPS) is 12.5. The number of hydrogen-bond acceptors (Lipinski definition) is 1. The average Bonchev–Trinajstić information content (AvgIpc) is 1.88. The van der Waals surface area contributed by atoms with Gasteiger partial charge in [0.1, 0.15) is 0 Å². The highest BCUT2D eigenvalue weighted by molar-refractivity contribution is 4.45. The third-order valence-corrected chi connectivity index (χ3v) is 2.51. The molecule has 0 bridgehead atoms. The SMILES string of the molecule is CCNCC[N+](C)(C)C(C)C. The van der Waals surface area contributed by atoms with Crippen LogP contribution in [0.15, 0.2) is 0 Å². The fourth-order valence-electron chi connectivity index (χ4n) is 0.802. The number of rotatable bonds is 5. The minimum Gasteiger partial charge on any atom is -0.325 e. The summed E-state index contributed by atoms with van der Waals surface area (Å²) in [7, 11) is 4.56. The lowest BCUT2D eigenvalue weighted by Crippen LogP contribution is -2.49. The van der Waals surface area contributed by atoms with E-state index in [-0.39, 0.29) is 0 Å². The molecule has 0 aliphatic heterocycles. The second-order valence-corrected chi connectivity index (χ2v) is 3.95. The molecule has 0 saturated carbocycles. The fraction of sp³-hybridized carbons (Fsp3) is 1.00. The van der Waals surface area contributed by atoms with Crippen molar-refractivity contribution in [1.29, 1.82) is 0 Å². The van der Waals surface area contributed by atoms with Crippen molar-refractivity contribution in [3.8, 4) is 0 Å². The summed E-state index contributed by atoms with van der Waals surface area (Å²) in [5, 5.41) is 3.34. The summed E-state index contributed by atoms with van der Waals surface area (Å²) < 4.78 is 1.10. The highest BCUT2D eigenvalue weighted by Gasteiger charge is 2.17. The lowest BCUT2D eigenvalue weighted by Gasteiger charge is -2.34. The molecule has 2 nitrogen and oxygen atoms in total. The number of nitrogens with zero attached hydrogens (tertiary/aromatic N) is 1. The zero-order valence-corrected chi connectivity index (χ0v) is 8.65. The summed E-state index contributed by atoms with van der Waals surface area (Å²) in [6.45, 7) is 10.1. The lowest BCUT2D eigenvalue weighted by molar-refractivity contribution is -0.910. The maximum Gasteiger partial charge on any atom is 0.0911 e. The summed E-state index contributed by atoms with van der Waals surface area (Å²) in [4.78, 5) is 0. The number of nitrogens with one attached hydrogen (secondary N) is 1. The molecular formula is C9H23N2+. The van der Waals surface area contributed by atoms with Crippen molar-refractivity contribution in [3.63, 3.8) is 0 Å². The van der Waals surface area contributed by atoms with Crippen molar-refractivity contribution in [3.05, 3.63) is 0 Å². The monoisotopic (exact) mass is 159 g/mol. The van der Waals surface area contributed by atoms with E-state index in [0.717, 1.165) is 17.6 Å². The van der Waals surface area contributed by atoms with E-state index in [1.165, 1.54) is 6.54 Å². The molecule has 0 spiro atoms. The second kappa shape index (κ2) is 4.73. The van der Waals surface area contributed by atoms with Crippen LogP contribution in [0.1, 0.15) is 20.8 Å². The smallest absolute Gasteiger partial charge is 0.0911 e. The van der Waals surface area contributed by atoms with Gasteiger partial charge in [-0.1, -0.05) is 6.92 Å². The van der Waals surface area contributed by atoms with Gasteiger partial charge in [-0.05, 0) is 20.4 Å². The molecule has 0 aliphatic rings. The van der Waals surface area contributed by atoms with Gasteiger partial charge in [0.05, 0.1) is 26.7 Å². The molecule has 0 aromatic heterocycles. The molecule has 0 heterocycles. The second-order valence-electron chi connectivity index (χ2n) is 3.95. The Hall–Kier alpha value is -0.0800. The molecular weight excluding hydrogens is 136 g/mol. The van der Waals surface area contributed by atoms with E-state index in [2.05, 4.69) is 40.2 Å². The van der Waals surface area contributed by atoms with Crippen LogP contribution >= 0.6 is 0 Å². The van der Waals surface area contributed by atoms with E-state index in [9.17, 15) is 0 Å². The summed E-state index contributed by atoms with van der Waals surface area (Å²) in [6.07, 6.45) is 0. The van der Waals surface area contributed by atoms with Crippen LogP contribution < -0.4 is 5.32 Å². The Morgan fingerprint density at radius 2 is 1.82 bits per heavy atom. The topological polar surface area (TPSA) is 12.0 Å². The summed E-state index contributed by atoms with van der Waals surface area (Å²) >= 11 is 0. The molecule has 0 unspecified atom stereocenters. The van der Waals surface area contributed by atoms with Crippen LogP contribution in [0.25, 0.3) is 0 Å². The van der Waals surface area contributed by atoms with Crippen molar-refractivity contribution in [2.24, 2.45) is 0 Å². The maximum atomic E-state index is 3.34. The Bertz CT molecular complexity index is 97.7. The number of quaternary nitrogens is 1. The van der Waals surface area contributed by atoms with E-state index in [1.54, 1.807) is 0 Å². The fourth-order valence-corrected chi connectivity index (χ4v) is 0.802. The molecule has 0 aromatic rings. The molecule has 0 saturated heterocycles. The average molecular weight is 159 g/mol. The summed E-state index contributed by atoms with van der Waals surface area (Å²) in [5.41, 5.74) is 0. The van der Waals surface area contributed by atoms with Crippen LogP contribution in [0.5, 0.6) is 0 Å². The standard InChI is InChI=1S/C9H23N2/c1-6-10-7-8-11(4,5)9(2)3/h9-10H,6-8H2,1-5H3/q+1. The van der Waals surface area contributed by atoms with Gasteiger partial charge in [0, 0.05) is 6.54 Å². The van der Waals surface area contributed by atoms with E-state index < -0.39 is 0 Å². The van der Waals surface area contributed by atoms with Gasteiger partial charge in [-0.25, -0.2) is 0 Å². The quantitative estimate of drug-likeness (QED) is 0.467. The highest BCUT2D eigenvalue weighted by Crippen LogP contribution is 2.03. The van der Waals surface area contributed by atoms with Gasteiger partial charge in [-0.15, -0.1) is 0 Å². The van der Waals surface area contributed by atoms with Crippen molar-refractivity contribution in [2.75, 3.05) is 33.7 Å². The molecule has 0 aromatic carbocycles. The minimum absolute atomic E-state index is 0.716. The van der Waals surface area contributed by atoms with Crippen LogP contribution in [0.3, 0.4) is 0 Å². The first-order chi connectivity index (χ1) is 5.00. The van der Waals surface area contributed by atoms with Crippen molar-refractivity contribution in [2.45, 2.75) is 26.8 Å². The van der Waals surface area contributed by atoms with E-state index in [0.29, 0.717) is 6.04 Å². The van der Waals surface area contributed by atoms with Crippen LogP contribution in [0.2, 0.25) is 0 Å². The Morgan fingerprint density at radius 3 is 2.18 bits per heavy atom. The lowest BCUT2D eigenvalue weighted by atomic mass is 10.3. The molecule has 2 heteroatoms. The maximum absolute atomic E-state index is 3.34. The summed E-state index contributed by atoms with van der Waals surface area (Å²) in [5.74, 6) is 0. The van der Waals surface area contributed by atoms with E-state index in [1.807, 2.05) is 0 Å². The Labute approximate surface area is 71.2 Å². The Kier molecular flexibility index (Phi) is 4.69. The van der Waals surface area contributed by atoms with Crippen LogP contribution in [0, 0.1) is 0 Å². The van der Waals surface area contributed by atoms with Gasteiger partial charge in [0.25, 0.3) is 0 Å². The zero-order chi connectivity index (χ0) is 8.91. The molecule has 0 radical (unpaired) electrons. The van der Waals surface area contributed by atoms with Gasteiger partial charge in [-0.3, -0.25) is 0 Å². The van der Waals surface area contributed by atoms with E-state index >= 15 is 0 Å². The first-order valence-corrected chi connectivity index (χ1v) is 4.54. The molecule has 0 atom stereocenters. The third kappa shape index (κ3) is 4.38. The van der Waals surface area contributed by atoms with Gasteiger partial charge in [-0.2, -0.15) is 0 Å². The summed E-state index contributed by atoms with van der Waals surface area (Å²) in [6, 6.07) is 0.716. The highest BCUT2D eigenvalue weighted by atomic mass is 15.3. The third-order valence-electron chi connectivity index (χ3n) is 2.51. The van der Waals surface area contributed by atoms with Crippen LogP contribution in [-0.4, -0.2) is 44.3 Å². The molecule has 0 amide bonds. The number of hydrogen-bond donors (Lipinski definition) is 1. The largest absolute Gasteiger partial charge is 0.325 e. The molecule has 11 heavy (non-hydrogen) atoms.